The Balaban J connectivity index is 1.32. The Morgan fingerprint density at radius 2 is 1.21 bits per heavy atom. The van der Waals surface area contributed by atoms with Crippen molar-refractivity contribution < 1.29 is 0 Å². The molecule has 4 heterocycles. The summed E-state index contributed by atoms with van der Waals surface area (Å²) >= 11 is 0. The van der Waals surface area contributed by atoms with Gasteiger partial charge in [-0.1, -0.05) is 97.1 Å². The normalized spacial score (nSPS) is 11.8. The molecule has 0 saturated carbocycles. The minimum atomic E-state index is 0.855. The van der Waals surface area contributed by atoms with E-state index in [1.54, 1.807) is 0 Å². The van der Waals surface area contributed by atoms with E-state index < -0.39 is 0 Å². The predicted octanol–water partition coefficient (Wildman–Crippen LogP) is 10.3. The van der Waals surface area contributed by atoms with Crippen LogP contribution in [0.15, 0.2) is 152 Å². The summed E-state index contributed by atoms with van der Waals surface area (Å²) in [7, 11) is 0. The van der Waals surface area contributed by atoms with Crippen molar-refractivity contribution >= 4 is 60.0 Å². The van der Waals surface area contributed by atoms with Crippen LogP contribution in [-0.2, 0) is 0 Å². The first kappa shape index (κ1) is 25.8. The van der Waals surface area contributed by atoms with Gasteiger partial charge in [0.25, 0.3) is 0 Å². The first-order valence-electron chi connectivity index (χ1n) is 15.7. The van der Waals surface area contributed by atoms with Crippen LogP contribution in [0.2, 0.25) is 0 Å². The SMILES string of the molecule is c1ccc(-c2nc3c(ccc4ccccc43)nc2-c2ccc3c(c2)c2cc(-c4ccccn4)ccc2c2nc4ccccn4c32)cc1. The Morgan fingerprint density at radius 1 is 0.447 bits per heavy atom. The van der Waals surface area contributed by atoms with Gasteiger partial charge in [0.05, 0.1) is 39.1 Å². The predicted molar refractivity (Wildman–Crippen MR) is 192 cm³/mol. The van der Waals surface area contributed by atoms with Crippen LogP contribution in [0.25, 0.3) is 93.8 Å². The van der Waals surface area contributed by atoms with Gasteiger partial charge >= 0.3 is 0 Å². The second-order valence-electron chi connectivity index (χ2n) is 11.9. The summed E-state index contributed by atoms with van der Waals surface area (Å²) in [6, 6.07) is 48.5. The van der Waals surface area contributed by atoms with E-state index in [9.17, 15) is 0 Å². The van der Waals surface area contributed by atoms with Gasteiger partial charge < -0.3 is 0 Å². The van der Waals surface area contributed by atoms with E-state index in [0.717, 1.165) is 93.8 Å². The largest absolute Gasteiger partial charge is 0.299 e. The zero-order chi connectivity index (χ0) is 30.9. The molecule has 0 atom stereocenters. The van der Waals surface area contributed by atoms with Crippen molar-refractivity contribution in [1.82, 2.24) is 24.3 Å². The zero-order valence-electron chi connectivity index (χ0n) is 25.2. The number of fused-ring (bicyclic) bond motifs is 11. The molecule has 0 aliphatic rings. The third kappa shape index (κ3) is 3.97. The summed E-state index contributed by atoms with van der Waals surface area (Å²) in [4.78, 5) is 20.5. The molecule has 5 heteroatoms. The van der Waals surface area contributed by atoms with E-state index in [1.165, 1.54) is 0 Å². The third-order valence-corrected chi connectivity index (χ3v) is 9.21. The average molecular weight is 600 g/mol. The molecular formula is C42H25N5. The lowest BCUT2D eigenvalue weighted by Crippen LogP contribution is -1.96. The van der Waals surface area contributed by atoms with Gasteiger partial charge in [0, 0.05) is 45.2 Å². The molecule has 6 aromatic carbocycles. The first-order valence-corrected chi connectivity index (χ1v) is 15.7. The van der Waals surface area contributed by atoms with Crippen molar-refractivity contribution in [2.45, 2.75) is 0 Å². The van der Waals surface area contributed by atoms with Gasteiger partial charge in [0.15, 0.2) is 0 Å². The van der Waals surface area contributed by atoms with Crippen molar-refractivity contribution in [3.63, 3.8) is 0 Å². The molecule has 0 bridgehead atoms. The van der Waals surface area contributed by atoms with E-state index in [4.69, 9.17) is 15.0 Å². The molecule has 47 heavy (non-hydrogen) atoms. The minimum Gasteiger partial charge on any atom is -0.299 e. The van der Waals surface area contributed by atoms with Crippen LogP contribution < -0.4 is 0 Å². The van der Waals surface area contributed by atoms with Crippen molar-refractivity contribution in [2.75, 3.05) is 0 Å². The highest BCUT2D eigenvalue weighted by atomic mass is 15.0. The average Bonchev–Trinajstić information content (AvgIpc) is 3.55. The Labute approximate surface area is 269 Å². The van der Waals surface area contributed by atoms with Crippen LogP contribution >= 0.6 is 0 Å². The molecule has 0 radical (unpaired) electrons. The Kier molecular flexibility index (Phi) is 5.51. The smallest absolute Gasteiger partial charge is 0.137 e. The fraction of sp³-hybridized carbons (Fsp3) is 0. The molecular weight excluding hydrogens is 574 g/mol. The van der Waals surface area contributed by atoms with Gasteiger partial charge in [-0.3, -0.25) is 9.38 Å². The molecule has 5 nitrogen and oxygen atoms in total. The number of nitrogens with zero attached hydrogens (tertiary/aromatic N) is 5. The Bertz CT molecular complexity index is 2840. The fourth-order valence-corrected chi connectivity index (χ4v) is 7.02. The van der Waals surface area contributed by atoms with Crippen LogP contribution in [0.1, 0.15) is 0 Å². The number of hydrogen-bond acceptors (Lipinski definition) is 4. The molecule has 0 spiro atoms. The van der Waals surface area contributed by atoms with Crippen molar-refractivity contribution in [2.24, 2.45) is 0 Å². The van der Waals surface area contributed by atoms with Crippen LogP contribution in [-0.4, -0.2) is 24.3 Å². The molecule has 0 aliphatic carbocycles. The van der Waals surface area contributed by atoms with E-state index >= 15 is 0 Å². The van der Waals surface area contributed by atoms with E-state index in [-0.39, 0.29) is 0 Å². The standard InChI is InChI=1S/C42H25N5/c1-2-11-27(12-3-1)38-39(44-36-21-18-26-10-4-5-13-30(26)40(36)46-38)29-17-20-32-34(25-29)33-24-28(35-14-6-8-22-43-35)16-19-31(33)41-42(32)47-23-9-7-15-37(47)45-41/h1-25H. The molecule has 0 amide bonds. The highest BCUT2D eigenvalue weighted by Gasteiger charge is 2.19. The van der Waals surface area contributed by atoms with Crippen molar-refractivity contribution in [3.8, 4) is 33.8 Å². The molecule has 10 rings (SSSR count). The maximum Gasteiger partial charge on any atom is 0.137 e. The van der Waals surface area contributed by atoms with Gasteiger partial charge in [0.1, 0.15) is 5.65 Å². The number of hydrogen-bond donors (Lipinski definition) is 0. The highest BCUT2D eigenvalue weighted by molar-refractivity contribution is 6.25. The lowest BCUT2D eigenvalue weighted by atomic mass is 9.94. The Morgan fingerprint density at radius 3 is 2.13 bits per heavy atom. The molecule has 0 fully saturated rings. The second-order valence-corrected chi connectivity index (χ2v) is 11.9. The van der Waals surface area contributed by atoms with E-state index in [2.05, 4.69) is 131 Å². The Hall–Kier alpha value is -6.46. The van der Waals surface area contributed by atoms with Gasteiger partial charge in [-0.2, -0.15) is 0 Å². The first-order chi connectivity index (χ1) is 23.3. The fourth-order valence-electron chi connectivity index (χ4n) is 7.02. The molecule has 10 aromatic rings. The van der Waals surface area contributed by atoms with Crippen LogP contribution in [0.3, 0.4) is 0 Å². The van der Waals surface area contributed by atoms with Gasteiger partial charge in [0.2, 0.25) is 0 Å². The summed E-state index contributed by atoms with van der Waals surface area (Å²) < 4.78 is 2.19. The van der Waals surface area contributed by atoms with Gasteiger partial charge in [-0.05, 0) is 58.6 Å². The molecule has 0 unspecified atom stereocenters. The molecule has 0 N–H and O–H groups in total. The van der Waals surface area contributed by atoms with Crippen LogP contribution in [0.4, 0.5) is 0 Å². The lowest BCUT2D eigenvalue weighted by Gasteiger charge is -2.14. The minimum absolute atomic E-state index is 0.855. The van der Waals surface area contributed by atoms with Crippen molar-refractivity contribution in [1.29, 1.82) is 0 Å². The monoisotopic (exact) mass is 599 g/mol. The number of aromatic nitrogens is 5. The van der Waals surface area contributed by atoms with E-state index in [0.29, 0.717) is 0 Å². The van der Waals surface area contributed by atoms with Crippen LogP contribution in [0, 0.1) is 0 Å². The third-order valence-electron chi connectivity index (χ3n) is 9.21. The number of imidazole rings is 1. The summed E-state index contributed by atoms with van der Waals surface area (Å²) in [6.45, 7) is 0. The lowest BCUT2D eigenvalue weighted by molar-refractivity contribution is 1.23. The quantitative estimate of drug-likeness (QED) is 0.190. The zero-order valence-corrected chi connectivity index (χ0v) is 25.2. The highest BCUT2D eigenvalue weighted by Crippen LogP contribution is 2.40. The number of benzene rings is 6. The topological polar surface area (TPSA) is 56.0 Å². The summed E-state index contributed by atoms with van der Waals surface area (Å²) in [5.41, 5.74) is 10.6. The molecule has 218 valence electrons. The summed E-state index contributed by atoms with van der Waals surface area (Å²) in [5.74, 6) is 0. The molecule has 0 aliphatic heterocycles. The van der Waals surface area contributed by atoms with Crippen molar-refractivity contribution in [3.05, 3.63) is 152 Å². The van der Waals surface area contributed by atoms with E-state index in [1.807, 2.05) is 30.5 Å². The number of rotatable bonds is 3. The maximum atomic E-state index is 5.34. The van der Waals surface area contributed by atoms with Gasteiger partial charge in [-0.15, -0.1) is 0 Å². The summed E-state index contributed by atoms with van der Waals surface area (Å²) in [6.07, 6.45) is 3.94. The van der Waals surface area contributed by atoms with Crippen LogP contribution in [0.5, 0.6) is 0 Å². The molecule has 4 aromatic heterocycles. The molecule has 0 saturated heterocycles. The summed E-state index contributed by atoms with van der Waals surface area (Å²) in [5, 5.41) is 6.75. The van der Waals surface area contributed by atoms with Gasteiger partial charge in [-0.25, -0.2) is 15.0 Å². The number of pyridine rings is 2. The second kappa shape index (κ2) is 10.0. The maximum absolute atomic E-state index is 5.34.